The minimum atomic E-state index is -2.17. The smallest absolute Gasteiger partial charge is 0.142 e. The average molecular weight is 788 g/mol. The predicted octanol–water partition coefficient (Wildman–Crippen LogP) is 8.59. The third-order valence-corrected chi connectivity index (χ3v) is 6.37. The van der Waals surface area contributed by atoms with Crippen LogP contribution in [-0.2, 0) is 13.1 Å². The van der Waals surface area contributed by atoms with Gasteiger partial charge in [0.25, 0.3) is 0 Å². The molecule has 0 unspecified atom stereocenters. The monoisotopic (exact) mass is 786 g/mol. The molecule has 2 nitrogen and oxygen atoms in total. The van der Waals surface area contributed by atoms with Crippen molar-refractivity contribution in [2.75, 3.05) is 0 Å². The molecule has 0 saturated carbocycles. The molecule has 0 aliphatic rings. The van der Waals surface area contributed by atoms with E-state index in [0.29, 0.717) is 26.5 Å². The van der Waals surface area contributed by atoms with Crippen LogP contribution in [0.3, 0.4) is 0 Å². The fraction of sp³-hybridized carbons (Fsp3) is 0. The van der Waals surface area contributed by atoms with Crippen molar-refractivity contribution < 1.29 is 18.2 Å². The Kier molecular flexibility index (Phi) is 11.3. The Hall–Kier alpha value is 2.26. The predicted molar refractivity (Wildman–Crippen MR) is 122 cm³/mol. The molecule has 2 rings (SSSR count). The zero-order chi connectivity index (χ0) is 17.7. The first kappa shape index (κ1) is 23.3. The van der Waals surface area contributed by atoms with Crippen LogP contribution in [0.4, 0.5) is 5.69 Å². The third-order valence-electron chi connectivity index (χ3n) is 2.14. The van der Waals surface area contributed by atoms with Crippen molar-refractivity contribution in [1.29, 1.82) is 0 Å². The normalized spacial score (nSPS) is 9.91. The first-order valence-corrected chi connectivity index (χ1v) is 14.3. The van der Waals surface area contributed by atoms with Gasteiger partial charge in [0.1, 0.15) is 5.75 Å². The number of rotatable bonds is 1. The summed E-state index contributed by atoms with van der Waals surface area (Å²) < 4.78 is 6.93. The van der Waals surface area contributed by atoms with E-state index in [9.17, 15) is 5.11 Å². The molecule has 11 heteroatoms. The maximum atomic E-state index is 9.31. The van der Waals surface area contributed by atoms with E-state index in [1.165, 1.54) is 0 Å². The second-order valence-electron chi connectivity index (χ2n) is 3.75. The van der Waals surface area contributed by atoms with Crippen LogP contribution in [0.1, 0.15) is 0 Å². The number of phenols is 1. The molecule has 0 saturated heterocycles. The van der Waals surface area contributed by atoms with Crippen molar-refractivity contribution in [3.05, 3.63) is 50.0 Å². The Balaban J connectivity index is 0.000000238. The van der Waals surface area contributed by atoms with Crippen LogP contribution in [0.15, 0.2) is 28.1 Å². The van der Waals surface area contributed by atoms with Gasteiger partial charge in [-0.15, -0.1) is 0 Å². The van der Waals surface area contributed by atoms with Crippen LogP contribution in [-0.4, -0.2) is 5.11 Å². The number of hydrogen-bond acceptors (Lipinski definition) is 2. The van der Waals surface area contributed by atoms with Crippen LogP contribution in [0.25, 0.3) is 0 Å². The summed E-state index contributed by atoms with van der Waals surface area (Å²) in [5.41, 5.74) is 0.415. The molecule has 0 aliphatic heterocycles. The molecule has 0 fully saturated rings. The van der Waals surface area contributed by atoms with Crippen LogP contribution in [0.5, 0.6) is 5.75 Å². The second kappa shape index (κ2) is 11.2. The quantitative estimate of drug-likeness (QED) is 0.289. The summed E-state index contributed by atoms with van der Waals surface area (Å²) in [6.07, 6.45) is 0. The molecule has 125 valence electrons. The molecule has 0 heterocycles. The van der Waals surface area contributed by atoms with Gasteiger partial charge in [0, 0.05) is 3.57 Å². The first-order valence-electron chi connectivity index (χ1n) is 5.43. The van der Waals surface area contributed by atoms with E-state index >= 15 is 0 Å². The number of phenolic OH excluding ortho intramolecular Hbond substituents is 1. The Labute approximate surface area is 202 Å². The number of aromatic hydroxyl groups is 1. The van der Waals surface area contributed by atoms with Crippen LogP contribution < -0.4 is 0 Å². The molecule has 0 spiro atoms. The van der Waals surface area contributed by atoms with Gasteiger partial charge in [0.05, 0.1) is 7.14 Å². The Morgan fingerprint density at radius 3 is 1.70 bits per heavy atom. The van der Waals surface area contributed by atoms with Crippen molar-refractivity contribution in [1.82, 2.24) is 0 Å². The number of nitrogens with zero attached hydrogens (tertiary/aromatic N) is 1. The molecule has 0 radical (unpaired) electrons. The van der Waals surface area contributed by atoms with E-state index in [4.69, 9.17) is 54.5 Å². The summed E-state index contributed by atoms with van der Waals surface area (Å²) >= 11 is 21.6. The van der Waals surface area contributed by atoms with Gasteiger partial charge in [-0.3, -0.25) is 0 Å². The molecule has 0 aromatic heterocycles. The van der Waals surface area contributed by atoms with Crippen LogP contribution in [0.2, 0.25) is 15.1 Å². The summed E-state index contributed by atoms with van der Waals surface area (Å²) in [5, 5.41) is 10.5. The van der Waals surface area contributed by atoms with Gasteiger partial charge in [0.2, 0.25) is 0 Å². The molecule has 1 N–H and O–H groups in total. The van der Waals surface area contributed by atoms with Gasteiger partial charge in [-0.25, -0.2) is 0 Å². The average Bonchev–Trinajstić information content (AvgIpc) is 2.40. The minimum absolute atomic E-state index is 0.359. The van der Waals surface area contributed by atoms with Gasteiger partial charge < -0.3 is 5.11 Å². The van der Waals surface area contributed by atoms with Crippen molar-refractivity contribution in [3.63, 3.8) is 0 Å². The molecule has 0 bridgehead atoms. The molecule has 0 amide bonds. The fourth-order valence-electron chi connectivity index (χ4n) is 1.24. The molecule has 0 atom stereocenters. The summed E-state index contributed by atoms with van der Waals surface area (Å²) in [7, 11) is 11.2. The van der Waals surface area contributed by atoms with Crippen molar-refractivity contribution in [3.8, 4) is 5.75 Å². The Bertz CT molecular complexity index is 709. The van der Waals surface area contributed by atoms with Crippen LogP contribution >= 0.6 is 122 Å². The van der Waals surface area contributed by atoms with Crippen molar-refractivity contribution in [2.45, 2.75) is 0 Å². The molecule has 2 aromatic carbocycles. The van der Waals surface area contributed by atoms with Gasteiger partial charge in [0.15, 0.2) is 0 Å². The third kappa shape index (κ3) is 8.21. The number of halogens is 8. The van der Waals surface area contributed by atoms with Crippen molar-refractivity contribution >= 4 is 128 Å². The second-order valence-corrected chi connectivity index (χ2v) is 12.9. The zero-order valence-electron chi connectivity index (χ0n) is 10.7. The topological polar surface area (TPSA) is 32.6 Å². The zero-order valence-corrected chi connectivity index (χ0v) is 22.3. The van der Waals surface area contributed by atoms with E-state index in [2.05, 4.69) is 71.6 Å². The molecular formula is C12H5Cl5I3NOV. The maximum absolute atomic E-state index is 9.31. The standard InChI is InChI=1S/C6H2Cl3N.C6H3I3O.2ClH.V/c2*7-3-1-4(8)6(10)5(9)2-3;;;/h1-2H;1-2,10H;2*1H;/q;;;;+2/p-2. The van der Waals surface area contributed by atoms with E-state index in [1.807, 2.05) is 12.1 Å². The summed E-state index contributed by atoms with van der Waals surface area (Å²) in [4.78, 5) is 0. The van der Waals surface area contributed by atoms with Gasteiger partial charge in [-0.1, -0.05) is 0 Å². The summed E-state index contributed by atoms with van der Waals surface area (Å²) in [6.45, 7) is 0. The van der Waals surface area contributed by atoms with Gasteiger partial charge in [-0.2, -0.15) is 0 Å². The summed E-state index contributed by atoms with van der Waals surface area (Å²) in [5.74, 6) is 0.390. The molecule has 0 aliphatic carbocycles. The number of hydrogen-bond donors (Lipinski definition) is 1. The van der Waals surface area contributed by atoms with E-state index in [0.717, 1.165) is 10.7 Å². The minimum Gasteiger partial charge on any atom is -0.506 e. The van der Waals surface area contributed by atoms with Crippen molar-refractivity contribution in [2.24, 2.45) is 3.79 Å². The number of benzene rings is 2. The van der Waals surface area contributed by atoms with E-state index < -0.39 is 13.1 Å². The first-order chi connectivity index (χ1) is 10.6. The molecule has 23 heavy (non-hydrogen) atoms. The van der Waals surface area contributed by atoms with Gasteiger partial charge in [-0.05, 0) is 79.9 Å². The maximum Gasteiger partial charge on any atom is 0.142 e. The van der Waals surface area contributed by atoms with E-state index in [-0.39, 0.29) is 0 Å². The SMILES string of the molecule is Clc1cc(Cl)c([N]=[V]([Cl])[Cl])c(Cl)c1.Oc1c(I)cc(I)cc1I. The fourth-order valence-corrected chi connectivity index (χ4v) is 7.11. The van der Waals surface area contributed by atoms with Crippen LogP contribution in [0, 0.1) is 10.7 Å². The Morgan fingerprint density at radius 1 is 0.870 bits per heavy atom. The molecule has 2 aromatic rings. The summed E-state index contributed by atoms with van der Waals surface area (Å²) in [6, 6.07) is 6.97. The van der Waals surface area contributed by atoms with E-state index in [1.54, 1.807) is 12.1 Å². The Morgan fingerprint density at radius 2 is 1.30 bits per heavy atom. The largest absolute Gasteiger partial charge is 0.506 e. The van der Waals surface area contributed by atoms with Gasteiger partial charge >= 0.3 is 104 Å². The molecular weight excluding hydrogens is 783 g/mol.